The summed E-state index contributed by atoms with van der Waals surface area (Å²) in [5, 5.41) is 2.02. The van der Waals surface area contributed by atoms with Crippen LogP contribution < -0.4 is 0 Å². The van der Waals surface area contributed by atoms with Crippen molar-refractivity contribution in [3.05, 3.63) is 34.5 Å². The Hall–Kier alpha value is -1.07. The molecule has 0 bridgehead atoms. The molecule has 2 aromatic rings. The molecule has 0 spiro atoms. The van der Waals surface area contributed by atoms with E-state index in [4.69, 9.17) is 16.3 Å². The lowest BCUT2D eigenvalue weighted by molar-refractivity contribution is 0.0678. The molecule has 2 heterocycles. The number of benzene rings is 1. The number of hydrogen-bond donors (Lipinski definition) is 1. The Balaban J connectivity index is 1.77. The minimum atomic E-state index is 0.375. The second kappa shape index (κ2) is 7.87. The number of halogens is 1. The van der Waals surface area contributed by atoms with Gasteiger partial charge in [-0.05, 0) is 45.5 Å². The number of ether oxygens (including phenoxy) is 1. The van der Waals surface area contributed by atoms with Crippen LogP contribution in [-0.4, -0.2) is 61.2 Å². The molecule has 0 aliphatic carbocycles. The maximum Gasteiger partial charge on any atom is 0.0702 e. The Morgan fingerprint density at radius 1 is 1.29 bits per heavy atom. The summed E-state index contributed by atoms with van der Waals surface area (Å²) in [5.74, 6) is 0. The van der Waals surface area contributed by atoms with Crippen LogP contribution in [0.5, 0.6) is 0 Å². The van der Waals surface area contributed by atoms with Gasteiger partial charge in [0.05, 0.1) is 16.6 Å². The summed E-state index contributed by atoms with van der Waals surface area (Å²) < 4.78 is 5.85. The van der Waals surface area contributed by atoms with Gasteiger partial charge in [-0.1, -0.05) is 23.7 Å². The Morgan fingerprint density at radius 2 is 2.12 bits per heavy atom. The Bertz CT molecular complexity index is 677. The van der Waals surface area contributed by atoms with Gasteiger partial charge >= 0.3 is 0 Å². The lowest BCUT2D eigenvalue weighted by Gasteiger charge is -2.26. The monoisotopic (exact) mass is 349 g/mol. The van der Waals surface area contributed by atoms with Crippen LogP contribution in [0.15, 0.2) is 18.2 Å². The van der Waals surface area contributed by atoms with Crippen LogP contribution in [-0.2, 0) is 11.3 Å². The van der Waals surface area contributed by atoms with Gasteiger partial charge in [-0.2, -0.15) is 0 Å². The average Bonchev–Trinajstić information content (AvgIpc) is 3.15. The molecule has 3 rings (SSSR count). The summed E-state index contributed by atoms with van der Waals surface area (Å²) in [6.07, 6.45) is 2.74. The van der Waals surface area contributed by atoms with Crippen LogP contribution in [0.25, 0.3) is 10.9 Å². The van der Waals surface area contributed by atoms with E-state index in [1.165, 1.54) is 29.5 Å². The zero-order valence-electron chi connectivity index (χ0n) is 14.9. The summed E-state index contributed by atoms with van der Waals surface area (Å²) in [6.45, 7) is 7.08. The first-order valence-electron chi connectivity index (χ1n) is 8.79. The summed E-state index contributed by atoms with van der Waals surface area (Å²) in [4.78, 5) is 8.28. The van der Waals surface area contributed by atoms with Gasteiger partial charge in [-0.15, -0.1) is 0 Å². The molecule has 1 aromatic carbocycles. The third-order valence-corrected chi connectivity index (χ3v) is 5.19. The molecule has 5 heteroatoms. The van der Waals surface area contributed by atoms with Gasteiger partial charge < -0.3 is 14.6 Å². The fraction of sp³-hybridized carbons (Fsp3) is 0.579. The van der Waals surface area contributed by atoms with E-state index in [2.05, 4.69) is 41.9 Å². The van der Waals surface area contributed by atoms with E-state index < -0.39 is 0 Å². The highest BCUT2D eigenvalue weighted by molar-refractivity contribution is 6.35. The van der Waals surface area contributed by atoms with Crippen molar-refractivity contribution in [2.75, 3.05) is 40.3 Å². The maximum absolute atomic E-state index is 6.35. The molecule has 1 aliphatic rings. The lowest BCUT2D eigenvalue weighted by Crippen LogP contribution is -2.36. The van der Waals surface area contributed by atoms with E-state index in [0.717, 1.165) is 43.3 Å². The van der Waals surface area contributed by atoms with Gasteiger partial charge in [0.2, 0.25) is 0 Å². The van der Waals surface area contributed by atoms with E-state index in [9.17, 15) is 0 Å². The normalized spacial score (nSPS) is 18.3. The number of nitrogens with one attached hydrogen (secondary N) is 1. The predicted molar refractivity (Wildman–Crippen MR) is 101 cm³/mol. The zero-order chi connectivity index (χ0) is 17.1. The molecule has 1 atom stereocenters. The van der Waals surface area contributed by atoms with Crippen molar-refractivity contribution in [3.63, 3.8) is 0 Å². The summed E-state index contributed by atoms with van der Waals surface area (Å²) in [6, 6.07) is 6.10. The van der Waals surface area contributed by atoms with Gasteiger partial charge in [0.25, 0.3) is 0 Å². The zero-order valence-corrected chi connectivity index (χ0v) is 15.7. The Kier molecular flexibility index (Phi) is 5.82. The highest BCUT2D eigenvalue weighted by atomic mass is 35.5. The minimum absolute atomic E-state index is 0.375. The molecule has 1 aliphatic heterocycles. The SMILES string of the molecule is Cc1c(CN(CCN(C)C)CC2CCCO2)[nH]c2c(Cl)cccc12. The van der Waals surface area contributed by atoms with Gasteiger partial charge in [-0.25, -0.2) is 0 Å². The highest BCUT2D eigenvalue weighted by Gasteiger charge is 2.21. The summed E-state index contributed by atoms with van der Waals surface area (Å²) in [5.41, 5.74) is 3.61. The first-order chi connectivity index (χ1) is 11.5. The molecule has 1 aromatic heterocycles. The van der Waals surface area contributed by atoms with Crippen LogP contribution in [0.4, 0.5) is 0 Å². The van der Waals surface area contributed by atoms with Crippen molar-refractivity contribution >= 4 is 22.5 Å². The van der Waals surface area contributed by atoms with Crippen molar-refractivity contribution in [2.24, 2.45) is 0 Å². The number of hydrogen-bond acceptors (Lipinski definition) is 3. The standard InChI is InChI=1S/C19H28ClN3O/c1-14-16-7-4-8-17(20)19(16)21-18(14)13-23(10-9-22(2)3)12-15-6-5-11-24-15/h4,7-8,15,21H,5-6,9-13H2,1-3H3. The fourth-order valence-corrected chi connectivity index (χ4v) is 3.63. The van der Waals surface area contributed by atoms with E-state index in [-0.39, 0.29) is 0 Å². The molecular formula is C19H28ClN3O. The van der Waals surface area contributed by atoms with Crippen LogP contribution in [0.2, 0.25) is 5.02 Å². The van der Waals surface area contributed by atoms with Gasteiger partial charge in [-0.3, -0.25) is 4.90 Å². The molecule has 0 amide bonds. The average molecular weight is 350 g/mol. The van der Waals surface area contributed by atoms with Crippen LogP contribution in [0.1, 0.15) is 24.1 Å². The maximum atomic E-state index is 6.35. The molecule has 132 valence electrons. The topological polar surface area (TPSA) is 31.5 Å². The molecule has 0 radical (unpaired) electrons. The number of H-pyrrole nitrogens is 1. The Morgan fingerprint density at radius 3 is 2.79 bits per heavy atom. The van der Waals surface area contributed by atoms with E-state index >= 15 is 0 Å². The predicted octanol–water partition coefficient (Wildman–Crippen LogP) is 3.67. The molecule has 4 nitrogen and oxygen atoms in total. The lowest BCUT2D eigenvalue weighted by atomic mass is 10.1. The van der Waals surface area contributed by atoms with Gasteiger partial charge in [0.15, 0.2) is 0 Å². The third-order valence-electron chi connectivity index (χ3n) is 4.88. The smallest absolute Gasteiger partial charge is 0.0702 e. The molecule has 1 saturated heterocycles. The first-order valence-corrected chi connectivity index (χ1v) is 9.16. The largest absolute Gasteiger partial charge is 0.377 e. The fourth-order valence-electron chi connectivity index (χ4n) is 3.41. The van der Waals surface area contributed by atoms with E-state index in [1.54, 1.807) is 0 Å². The Labute approximate surface area is 149 Å². The number of aromatic amines is 1. The first kappa shape index (κ1) is 17.7. The second-order valence-electron chi connectivity index (χ2n) is 7.06. The van der Waals surface area contributed by atoms with Gasteiger partial charge in [0, 0.05) is 43.9 Å². The van der Waals surface area contributed by atoms with Crippen molar-refractivity contribution in [1.29, 1.82) is 0 Å². The summed E-state index contributed by atoms with van der Waals surface area (Å²) in [7, 11) is 4.25. The van der Waals surface area contributed by atoms with Crippen LogP contribution in [0, 0.1) is 6.92 Å². The molecular weight excluding hydrogens is 322 g/mol. The number of aryl methyl sites for hydroxylation is 1. The number of nitrogens with zero attached hydrogens (tertiary/aromatic N) is 2. The molecule has 0 saturated carbocycles. The second-order valence-corrected chi connectivity index (χ2v) is 7.47. The molecule has 1 fully saturated rings. The van der Waals surface area contributed by atoms with Crippen molar-refractivity contribution in [3.8, 4) is 0 Å². The van der Waals surface area contributed by atoms with Crippen LogP contribution >= 0.6 is 11.6 Å². The number of likely N-dealkylation sites (N-methyl/N-ethyl adjacent to an activating group) is 1. The van der Waals surface area contributed by atoms with Crippen LogP contribution in [0.3, 0.4) is 0 Å². The van der Waals surface area contributed by atoms with Gasteiger partial charge in [0.1, 0.15) is 0 Å². The quantitative estimate of drug-likeness (QED) is 0.827. The van der Waals surface area contributed by atoms with Crippen molar-refractivity contribution in [2.45, 2.75) is 32.4 Å². The summed E-state index contributed by atoms with van der Waals surface area (Å²) >= 11 is 6.35. The highest BCUT2D eigenvalue weighted by Crippen LogP contribution is 2.28. The minimum Gasteiger partial charge on any atom is -0.377 e. The van der Waals surface area contributed by atoms with Crippen molar-refractivity contribution in [1.82, 2.24) is 14.8 Å². The molecule has 1 N–H and O–H groups in total. The van der Waals surface area contributed by atoms with E-state index in [1.807, 2.05) is 12.1 Å². The number of fused-ring (bicyclic) bond motifs is 1. The third kappa shape index (κ3) is 4.12. The number of rotatable bonds is 7. The number of aromatic nitrogens is 1. The molecule has 1 unspecified atom stereocenters. The number of para-hydroxylation sites is 1. The van der Waals surface area contributed by atoms with Crippen molar-refractivity contribution < 1.29 is 4.74 Å². The van der Waals surface area contributed by atoms with E-state index in [0.29, 0.717) is 6.10 Å². The molecule has 24 heavy (non-hydrogen) atoms.